The van der Waals surface area contributed by atoms with E-state index in [1.165, 1.54) is 4.31 Å². The number of carbonyl (C=O) groups excluding carboxylic acids is 2. The molecule has 1 aromatic carbocycles. The van der Waals surface area contributed by atoms with Gasteiger partial charge in [0.05, 0.1) is 11.4 Å². The molecule has 0 spiro atoms. The Bertz CT molecular complexity index is 860. The molecule has 30 heavy (non-hydrogen) atoms. The zero-order chi connectivity index (χ0) is 22.7. The minimum atomic E-state index is -3.57. The molecule has 3 amide bonds. The summed E-state index contributed by atoms with van der Waals surface area (Å²) in [5, 5.41) is 4.97. The first-order valence-electron chi connectivity index (χ1n) is 10.1. The van der Waals surface area contributed by atoms with Crippen LogP contribution in [0.15, 0.2) is 29.2 Å². The van der Waals surface area contributed by atoms with Gasteiger partial charge in [-0.1, -0.05) is 32.9 Å². The molecular weight excluding hydrogens is 404 g/mol. The number of amides is 3. The van der Waals surface area contributed by atoms with Crippen molar-refractivity contribution in [2.75, 3.05) is 32.7 Å². The molecular formula is C21H34N4O4S. The van der Waals surface area contributed by atoms with Crippen LogP contribution >= 0.6 is 0 Å². The lowest BCUT2D eigenvalue weighted by Crippen LogP contribution is -2.53. The zero-order valence-corrected chi connectivity index (χ0v) is 19.6. The summed E-state index contributed by atoms with van der Waals surface area (Å²) >= 11 is 0. The molecule has 0 unspecified atom stereocenters. The third kappa shape index (κ3) is 6.78. The number of nitrogens with zero attached hydrogens (tertiary/aromatic N) is 2. The summed E-state index contributed by atoms with van der Waals surface area (Å²) < 4.78 is 27.3. The highest BCUT2D eigenvalue weighted by atomic mass is 32.2. The van der Waals surface area contributed by atoms with Gasteiger partial charge in [-0.15, -0.1) is 0 Å². The van der Waals surface area contributed by atoms with Crippen LogP contribution in [0.2, 0.25) is 0 Å². The third-order valence-corrected chi connectivity index (χ3v) is 6.71. The van der Waals surface area contributed by atoms with Gasteiger partial charge in [0.25, 0.3) is 0 Å². The highest BCUT2D eigenvalue weighted by Gasteiger charge is 2.29. The second-order valence-corrected chi connectivity index (χ2v) is 11.6. The van der Waals surface area contributed by atoms with Crippen molar-refractivity contribution in [2.45, 2.75) is 57.4 Å². The van der Waals surface area contributed by atoms with Gasteiger partial charge in [0.2, 0.25) is 15.9 Å². The fourth-order valence-corrected chi connectivity index (χ4v) is 4.57. The van der Waals surface area contributed by atoms with Crippen LogP contribution in [-0.2, 0) is 20.2 Å². The molecule has 168 valence electrons. The first-order valence-corrected chi connectivity index (χ1v) is 11.6. The van der Waals surface area contributed by atoms with Crippen LogP contribution in [0.5, 0.6) is 0 Å². The summed E-state index contributed by atoms with van der Waals surface area (Å²) in [7, 11) is -3.57. The maximum Gasteiger partial charge on any atom is 0.321 e. The van der Waals surface area contributed by atoms with Gasteiger partial charge in [0.15, 0.2) is 0 Å². The van der Waals surface area contributed by atoms with Crippen molar-refractivity contribution in [1.29, 1.82) is 0 Å². The van der Waals surface area contributed by atoms with E-state index in [9.17, 15) is 18.0 Å². The normalized spacial score (nSPS) is 16.9. The minimum Gasteiger partial charge on any atom is -0.333 e. The quantitative estimate of drug-likeness (QED) is 0.748. The standard InChI is InChI=1S/C21H34N4O4S/c1-20(2,3)16-7-9-17(10-8-16)30(28,29)25-13-11-24(12-14-25)15-18(26)22-19(27)23-21(4,5)6/h7-10H,11-15H2,1-6H3,(H2,22,23,26,27). The first kappa shape index (κ1) is 24.3. The first-order chi connectivity index (χ1) is 13.7. The Morgan fingerprint density at radius 2 is 1.47 bits per heavy atom. The van der Waals surface area contributed by atoms with Crippen molar-refractivity contribution >= 4 is 22.0 Å². The van der Waals surface area contributed by atoms with Crippen LogP contribution < -0.4 is 10.6 Å². The molecule has 1 aromatic rings. The number of hydrogen-bond donors (Lipinski definition) is 2. The van der Waals surface area contributed by atoms with Crippen molar-refractivity contribution in [3.8, 4) is 0 Å². The highest BCUT2D eigenvalue weighted by Crippen LogP contribution is 2.25. The molecule has 0 bridgehead atoms. The summed E-state index contributed by atoms with van der Waals surface area (Å²) in [6.07, 6.45) is 0. The van der Waals surface area contributed by atoms with E-state index < -0.39 is 27.5 Å². The molecule has 0 aromatic heterocycles. The Morgan fingerprint density at radius 3 is 1.93 bits per heavy atom. The van der Waals surface area contributed by atoms with Crippen molar-refractivity contribution in [1.82, 2.24) is 19.8 Å². The molecule has 2 rings (SSSR count). The monoisotopic (exact) mass is 438 g/mol. The molecule has 0 radical (unpaired) electrons. The Hall–Kier alpha value is -1.97. The van der Waals surface area contributed by atoms with Crippen molar-refractivity contribution in [3.63, 3.8) is 0 Å². The van der Waals surface area contributed by atoms with Gasteiger partial charge in [0.1, 0.15) is 0 Å². The van der Waals surface area contributed by atoms with Crippen LogP contribution in [-0.4, -0.2) is 67.8 Å². The van der Waals surface area contributed by atoms with Gasteiger partial charge in [-0.2, -0.15) is 4.31 Å². The van der Waals surface area contributed by atoms with E-state index in [-0.39, 0.29) is 16.9 Å². The Morgan fingerprint density at radius 1 is 0.933 bits per heavy atom. The number of imide groups is 1. The minimum absolute atomic E-state index is 0.0434. The molecule has 0 saturated carbocycles. The highest BCUT2D eigenvalue weighted by molar-refractivity contribution is 7.89. The van der Waals surface area contributed by atoms with Gasteiger partial charge >= 0.3 is 6.03 Å². The number of hydrogen-bond acceptors (Lipinski definition) is 5. The van der Waals surface area contributed by atoms with Gasteiger partial charge in [-0.05, 0) is 43.9 Å². The molecule has 9 heteroatoms. The lowest BCUT2D eigenvalue weighted by molar-refractivity contribution is -0.121. The third-order valence-electron chi connectivity index (χ3n) is 4.80. The fraction of sp³-hybridized carbons (Fsp3) is 0.619. The number of urea groups is 1. The summed E-state index contributed by atoms with van der Waals surface area (Å²) in [5.41, 5.74) is 0.598. The number of benzene rings is 1. The number of carbonyl (C=O) groups is 2. The number of sulfonamides is 1. The predicted octanol–water partition coefficient (Wildman–Crippen LogP) is 1.91. The van der Waals surface area contributed by atoms with E-state index in [1.54, 1.807) is 12.1 Å². The number of rotatable bonds is 4. The van der Waals surface area contributed by atoms with Crippen LogP contribution in [0, 0.1) is 0 Å². The summed E-state index contributed by atoms with van der Waals surface area (Å²) in [4.78, 5) is 26.0. The molecule has 2 N–H and O–H groups in total. The number of nitrogens with one attached hydrogen (secondary N) is 2. The maximum absolute atomic E-state index is 12.9. The van der Waals surface area contributed by atoms with E-state index in [0.717, 1.165) is 5.56 Å². The van der Waals surface area contributed by atoms with Crippen molar-refractivity contribution < 1.29 is 18.0 Å². The van der Waals surface area contributed by atoms with E-state index in [2.05, 4.69) is 31.4 Å². The average Bonchev–Trinajstić information content (AvgIpc) is 2.59. The number of piperazine rings is 1. The van der Waals surface area contributed by atoms with Gasteiger partial charge in [0, 0.05) is 31.7 Å². The summed E-state index contributed by atoms with van der Waals surface area (Å²) in [6.45, 7) is 13.2. The fourth-order valence-electron chi connectivity index (χ4n) is 3.15. The van der Waals surface area contributed by atoms with E-state index in [0.29, 0.717) is 26.2 Å². The molecule has 1 heterocycles. The maximum atomic E-state index is 12.9. The van der Waals surface area contributed by atoms with Crippen LogP contribution in [0.25, 0.3) is 0 Å². The molecule has 8 nitrogen and oxygen atoms in total. The average molecular weight is 439 g/mol. The van der Waals surface area contributed by atoms with Crippen molar-refractivity contribution in [2.24, 2.45) is 0 Å². The summed E-state index contributed by atoms with van der Waals surface area (Å²) in [6, 6.07) is 6.49. The van der Waals surface area contributed by atoms with Crippen molar-refractivity contribution in [3.05, 3.63) is 29.8 Å². The summed E-state index contributed by atoms with van der Waals surface area (Å²) in [5.74, 6) is -0.411. The molecule has 0 atom stereocenters. The van der Waals surface area contributed by atoms with Gasteiger partial charge < -0.3 is 5.32 Å². The lowest BCUT2D eigenvalue weighted by Gasteiger charge is -2.33. The van der Waals surface area contributed by atoms with E-state index >= 15 is 0 Å². The van der Waals surface area contributed by atoms with Gasteiger partial charge in [-0.25, -0.2) is 13.2 Å². The molecule has 1 saturated heterocycles. The molecule has 1 fully saturated rings. The second-order valence-electron chi connectivity index (χ2n) is 9.71. The molecule has 0 aliphatic carbocycles. The Balaban J connectivity index is 1.90. The second kappa shape index (κ2) is 9.03. The van der Waals surface area contributed by atoms with E-state index in [4.69, 9.17) is 0 Å². The largest absolute Gasteiger partial charge is 0.333 e. The molecule has 1 aliphatic heterocycles. The zero-order valence-electron chi connectivity index (χ0n) is 18.8. The van der Waals surface area contributed by atoms with Gasteiger partial charge in [-0.3, -0.25) is 15.0 Å². The predicted molar refractivity (Wildman–Crippen MR) is 117 cm³/mol. The lowest BCUT2D eigenvalue weighted by atomic mass is 9.87. The van der Waals surface area contributed by atoms with E-state index in [1.807, 2.05) is 37.8 Å². The van der Waals surface area contributed by atoms with Crippen LogP contribution in [0.1, 0.15) is 47.1 Å². The molecule has 1 aliphatic rings. The van der Waals surface area contributed by atoms with Crippen LogP contribution in [0.4, 0.5) is 4.79 Å². The smallest absolute Gasteiger partial charge is 0.321 e. The van der Waals surface area contributed by atoms with Crippen LogP contribution in [0.3, 0.4) is 0 Å². The SMILES string of the molecule is CC(C)(C)NC(=O)NC(=O)CN1CCN(S(=O)(=O)c2ccc(C(C)(C)C)cc2)CC1. The topological polar surface area (TPSA) is 98.8 Å². The Labute approximate surface area is 180 Å². The Kier molecular flexibility index (Phi) is 7.32.